The van der Waals surface area contributed by atoms with Crippen LogP contribution in [0.1, 0.15) is 42.1 Å². The van der Waals surface area contributed by atoms with Crippen LogP contribution in [0.25, 0.3) is 11.4 Å². The van der Waals surface area contributed by atoms with Crippen LogP contribution in [0.5, 0.6) is 0 Å². The van der Waals surface area contributed by atoms with Crippen molar-refractivity contribution in [2.45, 2.75) is 38.1 Å². The molecule has 0 atom stereocenters. The molecule has 1 aliphatic heterocycles. The van der Waals surface area contributed by atoms with E-state index >= 15 is 0 Å². The average molecular weight is 344 g/mol. The van der Waals surface area contributed by atoms with Gasteiger partial charge in [-0.2, -0.15) is 0 Å². The van der Waals surface area contributed by atoms with Crippen molar-refractivity contribution in [2.75, 3.05) is 6.54 Å². The van der Waals surface area contributed by atoms with E-state index in [1.807, 2.05) is 12.1 Å². The van der Waals surface area contributed by atoms with E-state index in [1.165, 1.54) is 36.2 Å². The molecule has 0 radical (unpaired) electrons. The van der Waals surface area contributed by atoms with Crippen LogP contribution in [-0.4, -0.2) is 16.5 Å². The van der Waals surface area contributed by atoms with Crippen LogP contribution in [0.15, 0.2) is 28.7 Å². The minimum atomic E-state index is 0.646. The summed E-state index contributed by atoms with van der Waals surface area (Å²) in [5, 5.41) is 3.47. The maximum atomic E-state index is 4.95. The molecule has 0 amide bonds. The van der Waals surface area contributed by atoms with Crippen LogP contribution >= 0.6 is 15.9 Å². The van der Waals surface area contributed by atoms with Gasteiger partial charge in [0.15, 0.2) is 5.82 Å². The summed E-state index contributed by atoms with van der Waals surface area (Å²) in [6, 6.07) is 8.29. The first-order chi connectivity index (χ1) is 10.3. The molecule has 108 valence electrons. The zero-order valence-electron chi connectivity index (χ0n) is 11.9. The van der Waals surface area contributed by atoms with Crippen LogP contribution in [-0.2, 0) is 13.0 Å². The molecular weight excluding hydrogens is 326 g/mol. The Morgan fingerprint density at radius 2 is 2.10 bits per heavy atom. The highest BCUT2D eigenvalue weighted by atomic mass is 79.9. The van der Waals surface area contributed by atoms with Gasteiger partial charge in [0.1, 0.15) is 0 Å². The summed E-state index contributed by atoms with van der Waals surface area (Å²) in [5.41, 5.74) is 5.02. The number of fused-ring (bicyclic) bond motifs is 1. The molecule has 2 heterocycles. The van der Waals surface area contributed by atoms with E-state index in [-0.39, 0.29) is 0 Å². The summed E-state index contributed by atoms with van der Waals surface area (Å²) >= 11 is 3.54. The molecule has 0 saturated heterocycles. The van der Waals surface area contributed by atoms with Crippen molar-refractivity contribution in [3.8, 4) is 11.4 Å². The summed E-state index contributed by atoms with van der Waals surface area (Å²) in [7, 11) is 0. The van der Waals surface area contributed by atoms with Crippen LogP contribution in [0.2, 0.25) is 0 Å². The second-order valence-corrected chi connectivity index (χ2v) is 6.84. The summed E-state index contributed by atoms with van der Waals surface area (Å²) < 4.78 is 1.08. The summed E-state index contributed by atoms with van der Waals surface area (Å²) in [4.78, 5) is 9.80. The molecular formula is C17H18BrN3. The van der Waals surface area contributed by atoms with E-state index in [0.717, 1.165) is 35.4 Å². The highest BCUT2D eigenvalue weighted by molar-refractivity contribution is 9.10. The van der Waals surface area contributed by atoms with E-state index in [4.69, 9.17) is 9.97 Å². The van der Waals surface area contributed by atoms with Gasteiger partial charge in [-0.05, 0) is 25.0 Å². The third-order valence-electron chi connectivity index (χ3n) is 4.54. The molecule has 2 aromatic rings. The Hall–Kier alpha value is -1.26. The second-order valence-electron chi connectivity index (χ2n) is 5.92. The standard InChI is InChI=1S/C17H18BrN3/c18-13-6-2-5-12(9-13)17-20-15-7-8-19-10-14(15)16(21-17)11-3-1-4-11/h2,5-6,9,11,19H,1,3-4,7-8,10H2. The minimum absolute atomic E-state index is 0.646. The van der Waals surface area contributed by atoms with Crippen molar-refractivity contribution >= 4 is 15.9 Å². The van der Waals surface area contributed by atoms with E-state index in [2.05, 4.69) is 33.4 Å². The predicted octanol–water partition coefficient (Wildman–Crippen LogP) is 3.82. The van der Waals surface area contributed by atoms with Gasteiger partial charge in [0.2, 0.25) is 0 Å². The topological polar surface area (TPSA) is 37.8 Å². The number of nitrogens with one attached hydrogen (secondary N) is 1. The van der Waals surface area contributed by atoms with Gasteiger partial charge in [-0.15, -0.1) is 0 Å². The van der Waals surface area contributed by atoms with Crippen LogP contribution in [0.4, 0.5) is 0 Å². The van der Waals surface area contributed by atoms with Crippen molar-refractivity contribution in [3.63, 3.8) is 0 Å². The Morgan fingerprint density at radius 3 is 2.86 bits per heavy atom. The van der Waals surface area contributed by atoms with Gasteiger partial charge in [-0.1, -0.05) is 34.5 Å². The van der Waals surface area contributed by atoms with Gasteiger partial charge < -0.3 is 5.32 Å². The first kappa shape index (κ1) is 13.4. The van der Waals surface area contributed by atoms with E-state index in [9.17, 15) is 0 Å². The molecule has 1 aromatic carbocycles. The molecule has 1 saturated carbocycles. The number of hydrogen-bond donors (Lipinski definition) is 1. The number of nitrogens with zero attached hydrogens (tertiary/aromatic N) is 2. The van der Waals surface area contributed by atoms with Gasteiger partial charge in [-0.25, -0.2) is 9.97 Å². The lowest BCUT2D eigenvalue weighted by molar-refractivity contribution is 0.404. The smallest absolute Gasteiger partial charge is 0.159 e. The third-order valence-corrected chi connectivity index (χ3v) is 5.03. The fourth-order valence-corrected chi connectivity index (χ4v) is 3.54. The lowest BCUT2D eigenvalue weighted by Gasteiger charge is -2.29. The van der Waals surface area contributed by atoms with Gasteiger partial charge >= 0.3 is 0 Å². The minimum Gasteiger partial charge on any atom is -0.312 e. The first-order valence-corrected chi connectivity index (χ1v) is 8.47. The Labute approximate surface area is 133 Å². The molecule has 4 rings (SSSR count). The van der Waals surface area contributed by atoms with E-state index in [1.54, 1.807) is 0 Å². The summed E-state index contributed by atoms with van der Waals surface area (Å²) in [6.45, 7) is 1.95. The molecule has 1 fully saturated rings. The van der Waals surface area contributed by atoms with Crippen LogP contribution in [0, 0.1) is 0 Å². The van der Waals surface area contributed by atoms with E-state index in [0.29, 0.717) is 5.92 Å². The lowest BCUT2D eigenvalue weighted by Crippen LogP contribution is -2.28. The summed E-state index contributed by atoms with van der Waals surface area (Å²) in [6.07, 6.45) is 4.91. The second kappa shape index (κ2) is 5.50. The fourth-order valence-electron chi connectivity index (χ4n) is 3.15. The largest absolute Gasteiger partial charge is 0.312 e. The molecule has 4 heteroatoms. The van der Waals surface area contributed by atoms with Gasteiger partial charge in [0, 0.05) is 41.0 Å². The number of aromatic nitrogens is 2. The molecule has 1 aromatic heterocycles. The predicted molar refractivity (Wildman–Crippen MR) is 87.2 cm³/mol. The zero-order chi connectivity index (χ0) is 14.2. The molecule has 1 aliphatic carbocycles. The quantitative estimate of drug-likeness (QED) is 0.900. The monoisotopic (exact) mass is 343 g/mol. The molecule has 1 N–H and O–H groups in total. The van der Waals surface area contributed by atoms with Crippen LogP contribution in [0.3, 0.4) is 0 Å². The van der Waals surface area contributed by atoms with Crippen LogP contribution < -0.4 is 5.32 Å². The average Bonchev–Trinajstić information content (AvgIpc) is 2.45. The molecule has 2 aliphatic rings. The fraction of sp³-hybridized carbons (Fsp3) is 0.412. The molecule has 21 heavy (non-hydrogen) atoms. The Morgan fingerprint density at radius 1 is 1.19 bits per heavy atom. The van der Waals surface area contributed by atoms with Gasteiger partial charge in [0.25, 0.3) is 0 Å². The van der Waals surface area contributed by atoms with Crippen molar-refractivity contribution < 1.29 is 0 Å². The number of rotatable bonds is 2. The van der Waals surface area contributed by atoms with Crippen molar-refractivity contribution in [1.82, 2.24) is 15.3 Å². The number of hydrogen-bond acceptors (Lipinski definition) is 3. The molecule has 0 unspecified atom stereocenters. The maximum absolute atomic E-state index is 4.95. The highest BCUT2D eigenvalue weighted by Gasteiger charge is 2.27. The number of benzene rings is 1. The van der Waals surface area contributed by atoms with Crippen molar-refractivity contribution in [3.05, 3.63) is 45.7 Å². The molecule has 0 spiro atoms. The van der Waals surface area contributed by atoms with Gasteiger partial charge in [0.05, 0.1) is 11.4 Å². The first-order valence-electron chi connectivity index (χ1n) is 7.67. The van der Waals surface area contributed by atoms with Crippen molar-refractivity contribution in [1.29, 1.82) is 0 Å². The maximum Gasteiger partial charge on any atom is 0.159 e. The summed E-state index contributed by atoms with van der Waals surface area (Å²) in [5.74, 6) is 1.53. The molecule has 3 nitrogen and oxygen atoms in total. The Balaban J connectivity index is 1.84. The van der Waals surface area contributed by atoms with E-state index < -0.39 is 0 Å². The highest BCUT2D eigenvalue weighted by Crippen LogP contribution is 2.39. The van der Waals surface area contributed by atoms with Crippen molar-refractivity contribution in [2.24, 2.45) is 0 Å². The third kappa shape index (κ3) is 2.51. The number of halogens is 1. The normalized spacial score (nSPS) is 18.1. The SMILES string of the molecule is Brc1cccc(-c2nc3c(c(C4CCC4)n2)CNCC3)c1. The Kier molecular flexibility index (Phi) is 3.51. The molecule has 0 bridgehead atoms. The zero-order valence-corrected chi connectivity index (χ0v) is 13.5. The Bertz CT molecular complexity index is 680. The lowest BCUT2D eigenvalue weighted by atomic mass is 9.80. The van der Waals surface area contributed by atoms with Gasteiger partial charge in [-0.3, -0.25) is 0 Å².